The first-order chi connectivity index (χ1) is 15.7. The fourth-order valence-corrected chi connectivity index (χ4v) is 5.38. The van der Waals surface area contributed by atoms with Crippen LogP contribution in [0.2, 0.25) is 0 Å². The van der Waals surface area contributed by atoms with Crippen molar-refractivity contribution in [1.29, 1.82) is 0 Å². The lowest BCUT2D eigenvalue weighted by atomic mass is 9.65. The molecule has 2 aliphatic carbocycles. The van der Waals surface area contributed by atoms with Gasteiger partial charge in [-0.05, 0) is 91.3 Å². The molecule has 0 spiro atoms. The third kappa shape index (κ3) is 5.35. The van der Waals surface area contributed by atoms with Crippen LogP contribution in [-0.2, 0) is 9.53 Å². The number of carbonyl (C=O) groups excluding carboxylic acids is 1. The molecule has 0 atom stereocenters. The molecule has 32 heavy (non-hydrogen) atoms. The smallest absolute Gasteiger partial charge is 0.305 e. The molecule has 4 heteroatoms. The number of aromatic hydroxyl groups is 1. The average molecular weight is 435 g/mol. The van der Waals surface area contributed by atoms with E-state index in [4.69, 9.17) is 4.74 Å². The van der Waals surface area contributed by atoms with Crippen LogP contribution in [0.3, 0.4) is 0 Å². The molecule has 2 aromatic carbocycles. The minimum absolute atomic E-state index is 0.170. The summed E-state index contributed by atoms with van der Waals surface area (Å²) in [6.45, 7) is 0.590. The molecule has 2 aliphatic rings. The number of methoxy groups -OCH3 is 1. The van der Waals surface area contributed by atoms with Gasteiger partial charge >= 0.3 is 5.97 Å². The van der Waals surface area contributed by atoms with Crippen LogP contribution in [0.4, 0.5) is 0 Å². The summed E-state index contributed by atoms with van der Waals surface area (Å²) in [5.41, 5.74) is 5.39. The van der Waals surface area contributed by atoms with E-state index in [-0.39, 0.29) is 5.97 Å². The summed E-state index contributed by atoms with van der Waals surface area (Å²) < 4.78 is 10.6. The summed E-state index contributed by atoms with van der Waals surface area (Å²) >= 11 is 0. The highest BCUT2D eigenvalue weighted by Crippen LogP contribution is 2.48. The largest absolute Gasteiger partial charge is 0.508 e. The maximum Gasteiger partial charge on any atom is 0.305 e. The van der Waals surface area contributed by atoms with Crippen molar-refractivity contribution in [2.45, 2.75) is 57.8 Å². The number of carbonyl (C=O) groups is 1. The molecule has 1 N–H and O–H groups in total. The molecule has 0 unspecified atom stereocenters. The van der Waals surface area contributed by atoms with Gasteiger partial charge in [0.15, 0.2) is 0 Å². The number of esters is 1. The second kappa shape index (κ2) is 10.7. The Bertz CT molecular complexity index is 903. The Labute approximate surface area is 191 Å². The van der Waals surface area contributed by atoms with E-state index in [1.165, 1.54) is 62.3 Å². The number of allylic oxidation sites excluding steroid dienone is 1. The van der Waals surface area contributed by atoms with Crippen molar-refractivity contribution in [2.75, 3.05) is 13.7 Å². The van der Waals surface area contributed by atoms with E-state index in [1.54, 1.807) is 17.7 Å². The van der Waals surface area contributed by atoms with Crippen molar-refractivity contribution in [3.05, 3.63) is 65.2 Å². The Morgan fingerprint density at radius 2 is 1.44 bits per heavy atom. The molecule has 2 fully saturated rings. The van der Waals surface area contributed by atoms with Crippen molar-refractivity contribution in [3.8, 4) is 11.5 Å². The lowest BCUT2D eigenvalue weighted by molar-refractivity contribution is -0.140. The highest BCUT2D eigenvalue weighted by atomic mass is 16.5. The van der Waals surface area contributed by atoms with Gasteiger partial charge in [0.25, 0.3) is 0 Å². The average Bonchev–Trinajstić information content (AvgIpc) is 2.81. The molecule has 0 aromatic heterocycles. The first-order valence-electron chi connectivity index (χ1n) is 12.0. The number of hydrogen-bond donors (Lipinski definition) is 1. The number of phenolic OH excluding ortho intramolecular Hbond substituents is 1. The molecule has 0 heterocycles. The number of hydrogen-bond acceptors (Lipinski definition) is 4. The molecule has 0 radical (unpaired) electrons. The van der Waals surface area contributed by atoms with Crippen LogP contribution in [0.15, 0.2) is 54.1 Å². The maximum absolute atomic E-state index is 11.2. The molecule has 0 aliphatic heterocycles. The fourth-order valence-electron chi connectivity index (χ4n) is 5.38. The van der Waals surface area contributed by atoms with Gasteiger partial charge < -0.3 is 14.6 Å². The van der Waals surface area contributed by atoms with Gasteiger partial charge in [0.2, 0.25) is 0 Å². The van der Waals surface area contributed by atoms with E-state index >= 15 is 0 Å². The van der Waals surface area contributed by atoms with Gasteiger partial charge in [0, 0.05) is 6.42 Å². The van der Waals surface area contributed by atoms with Gasteiger partial charge in [0.05, 0.1) is 13.7 Å². The van der Waals surface area contributed by atoms with Gasteiger partial charge in [0.1, 0.15) is 11.5 Å². The molecular formula is C28H34O4. The van der Waals surface area contributed by atoms with Crippen molar-refractivity contribution >= 4 is 11.5 Å². The SMILES string of the molecule is COC(=O)CCCCOc1ccc(C(=C2C3CCCC2CCC3)c2ccc(O)cc2)cc1. The summed E-state index contributed by atoms with van der Waals surface area (Å²) in [5.74, 6) is 2.34. The molecule has 4 nitrogen and oxygen atoms in total. The number of fused-ring (bicyclic) bond motifs is 2. The summed E-state index contributed by atoms with van der Waals surface area (Å²) in [6, 6.07) is 16.1. The maximum atomic E-state index is 11.2. The van der Waals surface area contributed by atoms with E-state index in [0.29, 0.717) is 30.6 Å². The monoisotopic (exact) mass is 434 g/mol. The molecule has 0 saturated heterocycles. The zero-order chi connectivity index (χ0) is 22.3. The standard InChI is InChI=1S/C28H34O4/c1-31-26(30)10-2-3-19-32-25-17-13-23(14-18-25)28(22-11-15-24(29)16-12-22)27-20-6-4-7-21(27)9-5-8-20/h11-18,20-21,29H,2-10,19H2,1H3. The van der Waals surface area contributed by atoms with E-state index < -0.39 is 0 Å². The van der Waals surface area contributed by atoms with E-state index in [9.17, 15) is 9.90 Å². The fraction of sp³-hybridized carbons (Fsp3) is 0.464. The van der Waals surface area contributed by atoms with Crippen LogP contribution in [0, 0.1) is 11.8 Å². The van der Waals surface area contributed by atoms with Crippen molar-refractivity contribution in [3.63, 3.8) is 0 Å². The van der Waals surface area contributed by atoms with Crippen molar-refractivity contribution in [1.82, 2.24) is 0 Å². The Kier molecular flexibility index (Phi) is 7.51. The first kappa shape index (κ1) is 22.4. The second-order valence-corrected chi connectivity index (χ2v) is 9.04. The van der Waals surface area contributed by atoms with Gasteiger partial charge in [-0.2, -0.15) is 0 Å². The minimum Gasteiger partial charge on any atom is -0.508 e. The summed E-state index contributed by atoms with van der Waals surface area (Å²) in [5, 5.41) is 9.82. The summed E-state index contributed by atoms with van der Waals surface area (Å²) in [7, 11) is 1.42. The van der Waals surface area contributed by atoms with Crippen LogP contribution in [0.25, 0.3) is 5.57 Å². The number of phenols is 1. The lowest BCUT2D eigenvalue weighted by Crippen LogP contribution is -2.25. The van der Waals surface area contributed by atoms with Crippen LogP contribution < -0.4 is 4.74 Å². The molecule has 2 aromatic rings. The molecule has 170 valence electrons. The number of unbranched alkanes of at least 4 members (excludes halogenated alkanes) is 1. The van der Waals surface area contributed by atoms with Crippen LogP contribution in [-0.4, -0.2) is 24.8 Å². The quantitative estimate of drug-likeness (QED) is 0.380. The Morgan fingerprint density at radius 1 is 0.875 bits per heavy atom. The zero-order valence-electron chi connectivity index (χ0n) is 19.0. The van der Waals surface area contributed by atoms with Gasteiger partial charge in [-0.1, -0.05) is 42.7 Å². The third-order valence-corrected chi connectivity index (χ3v) is 6.95. The Balaban J connectivity index is 1.54. The highest BCUT2D eigenvalue weighted by Gasteiger charge is 2.33. The second-order valence-electron chi connectivity index (χ2n) is 9.04. The Hall–Kier alpha value is -2.75. The molecular weight excluding hydrogens is 400 g/mol. The summed E-state index contributed by atoms with van der Waals surface area (Å²) in [4.78, 5) is 11.2. The van der Waals surface area contributed by atoms with E-state index in [1.807, 2.05) is 12.1 Å². The van der Waals surface area contributed by atoms with Gasteiger partial charge in [-0.15, -0.1) is 0 Å². The number of ether oxygens (including phenoxy) is 2. The first-order valence-corrected chi connectivity index (χ1v) is 12.0. The topological polar surface area (TPSA) is 55.8 Å². The van der Waals surface area contributed by atoms with Crippen LogP contribution in [0.5, 0.6) is 11.5 Å². The normalized spacial score (nSPS) is 20.0. The third-order valence-electron chi connectivity index (χ3n) is 6.95. The van der Waals surface area contributed by atoms with Crippen LogP contribution >= 0.6 is 0 Å². The molecule has 2 saturated carbocycles. The van der Waals surface area contributed by atoms with E-state index in [2.05, 4.69) is 29.0 Å². The predicted octanol–water partition coefficient (Wildman–Crippen LogP) is 6.52. The zero-order valence-corrected chi connectivity index (χ0v) is 19.0. The number of rotatable bonds is 8. The number of benzene rings is 2. The van der Waals surface area contributed by atoms with Crippen LogP contribution in [0.1, 0.15) is 68.9 Å². The Morgan fingerprint density at radius 3 is 2.00 bits per heavy atom. The van der Waals surface area contributed by atoms with Crippen molar-refractivity contribution < 1.29 is 19.4 Å². The highest BCUT2D eigenvalue weighted by molar-refractivity contribution is 5.83. The molecule has 4 rings (SSSR count). The van der Waals surface area contributed by atoms with E-state index in [0.717, 1.165) is 18.6 Å². The lowest BCUT2D eigenvalue weighted by Gasteiger charge is -2.39. The summed E-state index contributed by atoms with van der Waals surface area (Å²) in [6.07, 6.45) is 9.87. The molecule has 2 bridgehead atoms. The molecule has 0 amide bonds. The van der Waals surface area contributed by atoms with Gasteiger partial charge in [-0.3, -0.25) is 4.79 Å². The minimum atomic E-state index is -0.170. The van der Waals surface area contributed by atoms with Gasteiger partial charge in [-0.25, -0.2) is 0 Å². The predicted molar refractivity (Wildman–Crippen MR) is 127 cm³/mol. The van der Waals surface area contributed by atoms with Crippen molar-refractivity contribution in [2.24, 2.45) is 11.8 Å².